The lowest BCUT2D eigenvalue weighted by Crippen LogP contribution is -2.50. The summed E-state index contributed by atoms with van der Waals surface area (Å²) >= 11 is 1.76. The fourth-order valence-corrected chi connectivity index (χ4v) is 4.22. The first kappa shape index (κ1) is 24.0. The van der Waals surface area contributed by atoms with E-state index < -0.39 is 6.04 Å². The predicted octanol–water partition coefficient (Wildman–Crippen LogP) is 4.69. The predicted molar refractivity (Wildman–Crippen MR) is 126 cm³/mol. The van der Waals surface area contributed by atoms with Crippen LogP contribution in [0.15, 0.2) is 60.7 Å². The van der Waals surface area contributed by atoms with Gasteiger partial charge in [0.2, 0.25) is 11.8 Å². The lowest BCUT2D eigenvalue weighted by molar-refractivity contribution is -0.140. The molecule has 0 radical (unpaired) electrons. The highest BCUT2D eigenvalue weighted by atomic mass is 32.2. The quantitative estimate of drug-likeness (QED) is 0.473. The fourth-order valence-electron chi connectivity index (χ4n) is 3.33. The van der Waals surface area contributed by atoms with Crippen LogP contribution in [0.3, 0.4) is 0 Å². The van der Waals surface area contributed by atoms with E-state index in [-0.39, 0.29) is 11.8 Å². The first-order valence-electron chi connectivity index (χ1n) is 10.9. The van der Waals surface area contributed by atoms with E-state index in [4.69, 9.17) is 0 Å². The highest BCUT2D eigenvalue weighted by molar-refractivity contribution is 7.98. The van der Waals surface area contributed by atoms with Crippen LogP contribution in [-0.4, -0.2) is 41.6 Å². The van der Waals surface area contributed by atoms with Gasteiger partial charge in [-0.2, -0.15) is 11.8 Å². The zero-order chi connectivity index (χ0) is 21.6. The summed E-state index contributed by atoms with van der Waals surface area (Å²) in [7, 11) is 0. The molecule has 1 N–H and O–H groups in total. The second kappa shape index (κ2) is 13.9. The Labute approximate surface area is 185 Å². The average molecular weight is 427 g/mol. The van der Waals surface area contributed by atoms with Gasteiger partial charge < -0.3 is 10.2 Å². The third-order valence-electron chi connectivity index (χ3n) is 4.99. The van der Waals surface area contributed by atoms with Crippen LogP contribution in [0.2, 0.25) is 0 Å². The summed E-state index contributed by atoms with van der Waals surface area (Å²) in [6.07, 6.45) is 2.70. The minimum absolute atomic E-state index is 0.0438. The van der Waals surface area contributed by atoms with E-state index in [1.165, 1.54) is 11.1 Å². The van der Waals surface area contributed by atoms with E-state index in [9.17, 15) is 9.59 Å². The molecule has 2 amide bonds. The van der Waals surface area contributed by atoms with Crippen LogP contribution in [0, 0.1) is 0 Å². The van der Waals surface area contributed by atoms with Crippen molar-refractivity contribution in [1.29, 1.82) is 0 Å². The Morgan fingerprint density at radius 1 is 0.967 bits per heavy atom. The summed E-state index contributed by atoms with van der Waals surface area (Å²) in [5.74, 6) is 1.66. The smallest absolute Gasteiger partial charge is 0.242 e. The van der Waals surface area contributed by atoms with Gasteiger partial charge in [0.05, 0.1) is 0 Å². The van der Waals surface area contributed by atoms with Crippen molar-refractivity contribution in [2.24, 2.45) is 0 Å². The molecule has 0 aliphatic rings. The summed E-state index contributed by atoms with van der Waals surface area (Å²) < 4.78 is 0. The highest BCUT2D eigenvalue weighted by Crippen LogP contribution is 2.16. The maximum atomic E-state index is 13.1. The molecule has 0 unspecified atom stereocenters. The third kappa shape index (κ3) is 8.23. The lowest BCUT2D eigenvalue weighted by atomic mass is 10.1. The molecule has 0 bridgehead atoms. The largest absolute Gasteiger partial charge is 0.354 e. The molecular weight excluding hydrogens is 392 g/mol. The topological polar surface area (TPSA) is 49.4 Å². The van der Waals surface area contributed by atoms with Crippen molar-refractivity contribution in [3.05, 3.63) is 71.8 Å². The van der Waals surface area contributed by atoms with Crippen LogP contribution in [0.5, 0.6) is 0 Å². The van der Waals surface area contributed by atoms with Crippen molar-refractivity contribution in [3.8, 4) is 0 Å². The number of nitrogens with one attached hydrogen (secondary N) is 1. The monoisotopic (exact) mass is 426 g/mol. The second-order valence-corrected chi connectivity index (χ2v) is 8.43. The Balaban J connectivity index is 1.96. The lowest BCUT2D eigenvalue weighted by Gasteiger charge is -2.30. The Morgan fingerprint density at radius 2 is 1.60 bits per heavy atom. The van der Waals surface area contributed by atoms with Crippen LogP contribution in [0.25, 0.3) is 0 Å². The van der Waals surface area contributed by atoms with Gasteiger partial charge in [0.25, 0.3) is 0 Å². The minimum Gasteiger partial charge on any atom is -0.354 e. The van der Waals surface area contributed by atoms with Gasteiger partial charge in [0.1, 0.15) is 6.04 Å². The van der Waals surface area contributed by atoms with Crippen molar-refractivity contribution < 1.29 is 9.59 Å². The molecule has 0 heterocycles. The van der Waals surface area contributed by atoms with Crippen molar-refractivity contribution >= 4 is 23.6 Å². The number of carbonyl (C=O) groups is 2. The first-order valence-corrected chi connectivity index (χ1v) is 12.0. The Hall–Kier alpha value is -2.27. The molecule has 0 saturated heterocycles. The van der Waals surface area contributed by atoms with Crippen LogP contribution in [0.4, 0.5) is 0 Å². The molecule has 0 aromatic heterocycles. The zero-order valence-electron chi connectivity index (χ0n) is 18.2. The number of thioether (sulfide) groups is 1. The number of amides is 2. The molecule has 162 valence electrons. The summed E-state index contributed by atoms with van der Waals surface area (Å²) in [6.45, 7) is 5.21. The molecule has 2 aromatic carbocycles. The van der Waals surface area contributed by atoms with Gasteiger partial charge in [0, 0.05) is 31.0 Å². The summed E-state index contributed by atoms with van der Waals surface area (Å²) in [6, 6.07) is 20.0. The third-order valence-corrected chi connectivity index (χ3v) is 6.02. The minimum atomic E-state index is -0.410. The van der Waals surface area contributed by atoms with Gasteiger partial charge in [-0.1, -0.05) is 74.5 Å². The van der Waals surface area contributed by atoms with Gasteiger partial charge >= 0.3 is 0 Å². The molecule has 0 fully saturated rings. The maximum Gasteiger partial charge on any atom is 0.242 e. The Kier molecular flexibility index (Phi) is 11.1. The molecule has 0 spiro atoms. The summed E-state index contributed by atoms with van der Waals surface area (Å²) in [5, 5.41) is 2.97. The molecule has 2 aromatic rings. The number of carbonyl (C=O) groups excluding carboxylic acids is 2. The molecule has 4 nitrogen and oxygen atoms in total. The van der Waals surface area contributed by atoms with Crippen LogP contribution in [0.1, 0.15) is 44.2 Å². The van der Waals surface area contributed by atoms with Crippen LogP contribution >= 0.6 is 11.8 Å². The number of hydrogen-bond acceptors (Lipinski definition) is 3. The number of hydrogen-bond donors (Lipinski definition) is 1. The normalized spacial score (nSPS) is 11.7. The van der Waals surface area contributed by atoms with Crippen LogP contribution in [-0.2, 0) is 21.8 Å². The summed E-state index contributed by atoms with van der Waals surface area (Å²) in [4.78, 5) is 27.6. The van der Waals surface area contributed by atoms with E-state index >= 15 is 0 Å². The summed E-state index contributed by atoms with van der Waals surface area (Å²) in [5.41, 5.74) is 2.44. The van der Waals surface area contributed by atoms with Gasteiger partial charge in [-0.3, -0.25) is 9.59 Å². The molecule has 2 rings (SSSR count). The van der Waals surface area contributed by atoms with E-state index in [1.54, 1.807) is 16.7 Å². The number of nitrogens with zero attached hydrogens (tertiary/aromatic N) is 1. The highest BCUT2D eigenvalue weighted by Gasteiger charge is 2.27. The second-order valence-electron chi connectivity index (χ2n) is 7.33. The maximum absolute atomic E-state index is 13.1. The van der Waals surface area contributed by atoms with E-state index in [1.807, 2.05) is 50.2 Å². The van der Waals surface area contributed by atoms with Gasteiger partial charge in [0.15, 0.2) is 0 Å². The van der Waals surface area contributed by atoms with E-state index in [2.05, 4.69) is 29.6 Å². The van der Waals surface area contributed by atoms with Crippen molar-refractivity contribution in [2.75, 3.05) is 18.8 Å². The number of benzene rings is 2. The fraction of sp³-hybridized carbons (Fsp3) is 0.440. The molecule has 0 aliphatic heterocycles. The Bertz CT molecular complexity index is 752. The SMILES string of the molecule is CCCNC(=O)[C@H](CC)N(CCc1ccccc1)C(=O)CCSCc1ccccc1. The molecule has 1 atom stereocenters. The average Bonchev–Trinajstić information content (AvgIpc) is 2.79. The molecule has 0 saturated carbocycles. The van der Waals surface area contributed by atoms with E-state index in [0.29, 0.717) is 25.9 Å². The molecule has 30 heavy (non-hydrogen) atoms. The van der Waals surface area contributed by atoms with Gasteiger partial charge in [-0.15, -0.1) is 0 Å². The van der Waals surface area contributed by atoms with Crippen molar-refractivity contribution in [3.63, 3.8) is 0 Å². The Morgan fingerprint density at radius 3 is 2.20 bits per heavy atom. The van der Waals surface area contributed by atoms with Crippen molar-refractivity contribution in [1.82, 2.24) is 10.2 Å². The number of rotatable bonds is 13. The van der Waals surface area contributed by atoms with Crippen molar-refractivity contribution in [2.45, 2.75) is 51.3 Å². The molecular formula is C25H34N2O2S. The van der Waals surface area contributed by atoms with E-state index in [0.717, 1.165) is 24.3 Å². The molecule has 5 heteroatoms. The van der Waals surface area contributed by atoms with Crippen LogP contribution < -0.4 is 5.32 Å². The van der Waals surface area contributed by atoms with Gasteiger partial charge in [-0.05, 0) is 30.4 Å². The van der Waals surface area contributed by atoms with Gasteiger partial charge in [-0.25, -0.2) is 0 Å². The molecule has 0 aliphatic carbocycles. The standard InChI is InChI=1S/C25H34N2O2S/c1-3-17-26-25(29)23(4-2)27(18-15-21-11-7-5-8-12-21)24(28)16-19-30-20-22-13-9-6-10-14-22/h5-14,23H,3-4,15-20H2,1-2H3,(H,26,29)/t23-/m0/s1. The zero-order valence-corrected chi connectivity index (χ0v) is 19.0. The first-order chi connectivity index (χ1) is 14.7.